The van der Waals surface area contributed by atoms with Crippen molar-refractivity contribution >= 4 is 23.2 Å². The van der Waals surface area contributed by atoms with Gasteiger partial charge in [-0.1, -0.05) is 24.3 Å². The highest BCUT2D eigenvalue weighted by Crippen LogP contribution is 2.30. The quantitative estimate of drug-likeness (QED) is 0.685. The molecule has 3 aromatic rings. The van der Waals surface area contributed by atoms with Gasteiger partial charge in [-0.15, -0.1) is 11.3 Å². The van der Waals surface area contributed by atoms with Gasteiger partial charge in [-0.2, -0.15) is 0 Å². The Balaban J connectivity index is 1.79. The topological polar surface area (TPSA) is 69.4 Å². The lowest BCUT2D eigenvalue weighted by molar-refractivity contribution is -0.127. The van der Waals surface area contributed by atoms with E-state index in [2.05, 4.69) is 0 Å². The smallest absolute Gasteiger partial charge is 0.349 e. The van der Waals surface area contributed by atoms with Crippen LogP contribution >= 0.6 is 11.3 Å². The lowest BCUT2D eigenvalue weighted by atomic mass is 10.1. The molecule has 0 aliphatic rings. The fourth-order valence-corrected chi connectivity index (χ4v) is 3.20. The lowest BCUT2D eigenvalue weighted by Crippen LogP contribution is -2.26. The van der Waals surface area contributed by atoms with Crippen molar-refractivity contribution in [2.75, 3.05) is 0 Å². The molecular formula is C19H13F2NO3S. The van der Waals surface area contributed by atoms with Gasteiger partial charge in [0.15, 0.2) is 0 Å². The maximum absolute atomic E-state index is 13.0. The number of halogens is 2. The van der Waals surface area contributed by atoms with E-state index < -0.39 is 23.8 Å². The van der Waals surface area contributed by atoms with Gasteiger partial charge in [0.2, 0.25) is 6.10 Å². The highest BCUT2D eigenvalue weighted by molar-refractivity contribution is 7.17. The van der Waals surface area contributed by atoms with Gasteiger partial charge in [-0.3, -0.25) is 4.79 Å². The molecule has 2 aromatic carbocycles. The minimum absolute atomic E-state index is 0.262. The van der Waals surface area contributed by atoms with Crippen LogP contribution < -0.4 is 5.73 Å². The van der Waals surface area contributed by atoms with Crippen LogP contribution in [0.1, 0.15) is 21.3 Å². The third-order valence-corrected chi connectivity index (χ3v) is 4.71. The van der Waals surface area contributed by atoms with Crippen LogP contribution in [0.3, 0.4) is 0 Å². The fourth-order valence-electron chi connectivity index (χ4n) is 2.31. The van der Waals surface area contributed by atoms with Gasteiger partial charge >= 0.3 is 5.97 Å². The minimum atomic E-state index is -1.32. The zero-order valence-electron chi connectivity index (χ0n) is 13.3. The Hall–Kier alpha value is -3.06. The molecule has 2 N–H and O–H groups in total. The van der Waals surface area contributed by atoms with Crippen LogP contribution in [-0.2, 0) is 9.53 Å². The first-order chi connectivity index (χ1) is 12.4. The van der Waals surface area contributed by atoms with E-state index in [0.29, 0.717) is 0 Å². The lowest BCUT2D eigenvalue weighted by Gasteiger charge is -2.14. The van der Waals surface area contributed by atoms with Crippen LogP contribution in [0, 0.1) is 11.6 Å². The summed E-state index contributed by atoms with van der Waals surface area (Å²) in [6, 6.07) is 14.1. The van der Waals surface area contributed by atoms with Crippen molar-refractivity contribution < 1.29 is 23.1 Å². The molecule has 0 saturated heterocycles. The molecule has 1 atom stereocenters. The van der Waals surface area contributed by atoms with E-state index in [1.54, 1.807) is 24.3 Å². The second kappa shape index (κ2) is 7.45. The number of rotatable bonds is 5. The van der Waals surface area contributed by atoms with E-state index in [9.17, 15) is 18.4 Å². The number of ether oxygens (including phenoxy) is 1. The molecule has 4 nitrogen and oxygen atoms in total. The van der Waals surface area contributed by atoms with Crippen molar-refractivity contribution in [1.29, 1.82) is 0 Å². The SMILES string of the molecule is NC(=O)C(OC(=O)c1ccc(-c2ccc(F)cc2)s1)c1ccc(F)cc1. The standard InChI is InChI=1S/C19H13F2NO3S/c20-13-5-1-11(2-6-13)15-9-10-16(26-15)19(24)25-17(18(22)23)12-3-7-14(21)8-4-12/h1-10,17H,(H2,22,23). The van der Waals surface area contributed by atoms with Crippen LogP contribution in [0.25, 0.3) is 10.4 Å². The van der Waals surface area contributed by atoms with E-state index in [1.165, 1.54) is 24.3 Å². The van der Waals surface area contributed by atoms with E-state index in [0.717, 1.165) is 33.9 Å². The maximum Gasteiger partial charge on any atom is 0.349 e. The summed E-state index contributed by atoms with van der Waals surface area (Å²) in [4.78, 5) is 25.0. The first-order valence-corrected chi connectivity index (χ1v) is 8.37. The van der Waals surface area contributed by atoms with Crippen molar-refractivity contribution in [3.8, 4) is 10.4 Å². The van der Waals surface area contributed by atoms with Gasteiger partial charge in [0, 0.05) is 10.4 Å². The van der Waals surface area contributed by atoms with Gasteiger partial charge in [0.25, 0.3) is 5.91 Å². The Labute approximate surface area is 151 Å². The summed E-state index contributed by atoms with van der Waals surface area (Å²) in [5.74, 6) is -2.42. The Bertz CT molecular complexity index is 936. The Morgan fingerprint density at radius 2 is 1.46 bits per heavy atom. The average Bonchev–Trinajstić information content (AvgIpc) is 3.11. The molecule has 26 heavy (non-hydrogen) atoms. The molecular weight excluding hydrogens is 360 g/mol. The van der Waals surface area contributed by atoms with Crippen molar-refractivity contribution in [2.24, 2.45) is 5.73 Å². The van der Waals surface area contributed by atoms with Gasteiger partial charge in [-0.05, 0) is 42.0 Å². The number of amides is 1. The summed E-state index contributed by atoms with van der Waals surface area (Å²) < 4.78 is 31.2. The number of hydrogen-bond donors (Lipinski definition) is 1. The monoisotopic (exact) mass is 373 g/mol. The summed E-state index contributed by atoms with van der Waals surface area (Å²) >= 11 is 1.14. The second-order valence-electron chi connectivity index (χ2n) is 5.41. The zero-order chi connectivity index (χ0) is 18.7. The van der Waals surface area contributed by atoms with E-state index in [1.807, 2.05) is 0 Å². The van der Waals surface area contributed by atoms with Crippen LogP contribution in [0.15, 0.2) is 60.7 Å². The van der Waals surface area contributed by atoms with E-state index in [-0.39, 0.29) is 16.3 Å². The first kappa shape index (κ1) is 17.8. The average molecular weight is 373 g/mol. The van der Waals surface area contributed by atoms with Crippen LogP contribution in [0.4, 0.5) is 8.78 Å². The molecule has 0 bridgehead atoms. The number of hydrogen-bond acceptors (Lipinski definition) is 4. The Morgan fingerprint density at radius 1 is 0.885 bits per heavy atom. The molecule has 0 radical (unpaired) electrons. The first-order valence-electron chi connectivity index (χ1n) is 7.55. The molecule has 1 unspecified atom stereocenters. The molecule has 3 rings (SSSR count). The highest BCUT2D eigenvalue weighted by atomic mass is 32.1. The molecule has 0 fully saturated rings. The van der Waals surface area contributed by atoms with Gasteiger partial charge in [0.1, 0.15) is 16.5 Å². The molecule has 0 saturated carbocycles. The van der Waals surface area contributed by atoms with Crippen molar-refractivity contribution in [3.05, 3.63) is 82.7 Å². The molecule has 0 spiro atoms. The summed E-state index contributed by atoms with van der Waals surface area (Å²) in [7, 11) is 0. The number of carbonyl (C=O) groups is 2. The molecule has 0 aliphatic carbocycles. The van der Waals surface area contributed by atoms with Crippen LogP contribution in [0.2, 0.25) is 0 Å². The van der Waals surface area contributed by atoms with Crippen molar-refractivity contribution in [1.82, 2.24) is 0 Å². The summed E-state index contributed by atoms with van der Waals surface area (Å²) in [6.45, 7) is 0. The zero-order valence-corrected chi connectivity index (χ0v) is 14.1. The van der Waals surface area contributed by atoms with Gasteiger partial charge in [0.05, 0.1) is 0 Å². The predicted molar refractivity (Wildman–Crippen MR) is 93.5 cm³/mol. The second-order valence-corrected chi connectivity index (χ2v) is 6.49. The van der Waals surface area contributed by atoms with E-state index >= 15 is 0 Å². The molecule has 1 aromatic heterocycles. The maximum atomic E-state index is 13.0. The number of primary amides is 1. The minimum Gasteiger partial charge on any atom is -0.443 e. The number of esters is 1. The number of thiophene rings is 1. The van der Waals surface area contributed by atoms with Gasteiger partial charge in [-0.25, -0.2) is 13.6 Å². The van der Waals surface area contributed by atoms with Crippen LogP contribution in [0.5, 0.6) is 0 Å². The molecule has 7 heteroatoms. The Morgan fingerprint density at radius 3 is 2.04 bits per heavy atom. The summed E-state index contributed by atoms with van der Waals surface area (Å²) in [5.41, 5.74) is 6.33. The number of nitrogens with two attached hydrogens (primary N) is 1. The number of carbonyl (C=O) groups excluding carboxylic acids is 2. The third-order valence-electron chi connectivity index (χ3n) is 3.59. The molecule has 1 amide bonds. The highest BCUT2D eigenvalue weighted by Gasteiger charge is 2.24. The largest absolute Gasteiger partial charge is 0.443 e. The summed E-state index contributed by atoms with van der Waals surface area (Å²) in [6.07, 6.45) is -1.32. The van der Waals surface area contributed by atoms with E-state index in [4.69, 9.17) is 10.5 Å². The van der Waals surface area contributed by atoms with Crippen LogP contribution in [-0.4, -0.2) is 11.9 Å². The Kier molecular flexibility index (Phi) is 5.09. The van der Waals surface area contributed by atoms with Crippen molar-refractivity contribution in [3.63, 3.8) is 0 Å². The third kappa shape index (κ3) is 3.94. The normalized spacial score (nSPS) is 11.8. The van der Waals surface area contributed by atoms with Gasteiger partial charge < -0.3 is 10.5 Å². The molecule has 0 aliphatic heterocycles. The molecule has 1 heterocycles. The van der Waals surface area contributed by atoms with Crippen molar-refractivity contribution in [2.45, 2.75) is 6.10 Å². The predicted octanol–water partition coefficient (Wildman–Crippen LogP) is 4.08. The molecule has 132 valence electrons. The fraction of sp³-hybridized carbons (Fsp3) is 0.0526. The number of benzene rings is 2. The summed E-state index contributed by atoms with van der Waals surface area (Å²) in [5, 5.41) is 0.